The number of carbonyl (C=O) groups is 1. The smallest absolute Gasteiger partial charge is 0.332 e. The number of ether oxygens (including phenoxy) is 2. The Morgan fingerprint density at radius 1 is 1.18 bits per heavy atom. The van der Waals surface area contributed by atoms with Crippen molar-refractivity contribution in [2.24, 2.45) is 0 Å². The SMILES string of the molecule is O=C(COCCO)OCCO. The second-order valence-corrected chi connectivity index (χ2v) is 1.72. The van der Waals surface area contributed by atoms with Crippen molar-refractivity contribution in [2.45, 2.75) is 0 Å². The fourth-order valence-electron chi connectivity index (χ4n) is 0.421. The summed E-state index contributed by atoms with van der Waals surface area (Å²) < 4.78 is 9.08. The molecule has 0 aromatic rings. The Kier molecular flexibility index (Phi) is 7.02. The third kappa shape index (κ3) is 7.24. The van der Waals surface area contributed by atoms with Crippen molar-refractivity contribution in [1.29, 1.82) is 0 Å². The van der Waals surface area contributed by atoms with E-state index in [4.69, 9.17) is 10.2 Å². The lowest BCUT2D eigenvalue weighted by Gasteiger charge is -2.02. The maximum absolute atomic E-state index is 10.5. The first kappa shape index (κ1) is 10.3. The van der Waals surface area contributed by atoms with E-state index in [0.717, 1.165) is 0 Å². The minimum Gasteiger partial charge on any atom is -0.462 e. The van der Waals surface area contributed by atoms with Crippen molar-refractivity contribution in [3.8, 4) is 0 Å². The fourth-order valence-corrected chi connectivity index (χ4v) is 0.421. The molecule has 0 atom stereocenters. The highest BCUT2D eigenvalue weighted by Crippen LogP contribution is 1.80. The van der Waals surface area contributed by atoms with E-state index in [9.17, 15) is 4.79 Å². The maximum Gasteiger partial charge on any atom is 0.332 e. The standard InChI is InChI=1S/C6H12O5/c7-1-3-10-5-6(9)11-4-2-8/h7-8H,1-5H2. The quantitative estimate of drug-likeness (QED) is 0.370. The molecule has 0 saturated heterocycles. The van der Waals surface area contributed by atoms with E-state index in [1.807, 2.05) is 0 Å². The van der Waals surface area contributed by atoms with Crippen molar-refractivity contribution < 1.29 is 24.5 Å². The molecule has 5 heteroatoms. The fraction of sp³-hybridized carbons (Fsp3) is 0.833. The van der Waals surface area contributed by atoms with Gasteiger partial charge in [-0.3, -0.25) is 0 Å². The minimum atomic E-state index is -0.535. The molecule has 0 heterocycles. The summed E-state index contributed by atoms with van der Waals surface area (Å²) in [6.45, 7) is -0.380. The zero-order valence-corrected chi connectivity index (χ0v) is 6.15. The minimum absolute atomic E-state index is 0.0126. The summed E-state index contributed by atoms with van der Waals surface area (Å²) in [5.41, 5.74) is 0. The van der Waals surface area contributed by atoms with Crippen molar-refractivity contribution in [1.82, 2.24) is 0 Å². The molecule has 0 amide bonds. The highest BCUT2D eigenvalue weighted by molar-refractivity contribution is 5.70. The van der Waals surface area contributed by atoms with Gasteiger partial charge < -0.3 is 19.7 Å². The van der Waals surface area contributed by atoms with E-state index >= 15 is 0 Å². The summed E-state index contributed by atoms with van der Waals surface area (Å²) in [5.74, 6) is -0.535. The molecule has 0 saturated carbocycles. The van der Waals surface area contributed by atoms with Crippen molar-refractivity contribution in [3.63, 3.8) is 0 Å². The Morgan fingerprint density at radius 2 is 1.82 bits per heavy atom. The van der Waals surface area contributed by atoms with Crippen LogP contribution in [0, 0.1) is 0 Å². The molecule has 0 unspecified atom stereocenters. The normalized spacial score (nSPS) is 9.64. The van der Waals surface area contributed by atoms with Crippen LogP contribution in [0.3, 0.4) is 0 Å². The Balaban J connectivity index is 3.09. The number of esters is 1. The molecule has 0 aliphatic rings. The number of aliphatic hydroxyl groups excluding tert-OH is 2. The summed E-state index contributed by atoms with van der Waals surface area (Å²) in [6.07, 6.45) is 0. The van der Waals surface area contributed by atoms with Crippen LogP contribution in [0.5, 0.6) is 0 Å². The molecule has 5 nitrogen and oxygen atoms in total. The summed E-state index contributed by atoms with van der Waals surface area (Å²) in [5, 5.41) is 16.5. The second kappa shape index (κ2) is 7.46. The molecular weight excluding hydrogens is 152 g/mol. The van der Waals surface area contributed by atoms with E-state index in [1.165, 1.54) is 0 Å². The summed E-state index contributed by atoms with van der Waals surface area (Å²) in [4.78, 5) is 10.5. The van der Waals surface area contributed by atoms with Crippen LogP contribution in [0.2, 0.25) is 0 Å². The number of hydrogen-bond donors (Lipinski definition) is 2. The van der Waals surface area contributed by atoms with Gasteiger partial charge in [-0.1, -0.05) is 0 Å². The Hall–Kier alpha value is -0.650. The van der Waals surface area contributed by atoms with Crippen molar-refractivity contribution >= 4 is 5.97 Å². The molecule has 0 bridgehead atoms. The largest absolute Gasteiger partial charge is 0.462 e. The highest BCUT2D eigenvalue weighted by Gasteiger charge is 2.00. The topological polar surface area (TPSA) is 76.0 Å². The van der Waals surface area contributed by atoms with Crippen LogP contribution >= 0.6 is 0 Å². The van der Waals surface area contributed by atoms with Gasteiger partial charge in [-0.05, 0) is 0 Å². The Bertz CT molecular complexity index is 103. The van der Waals surface area contributed by atoms with Gasteiger partial charge in [-0.15, -0.1) is 0 Å². The zero-order chi connectivity index (χ0) is 8.53. The Labute approximate surface area is 64.5 Å². The molecule has 66 valence electrons. The average molecular weight is 164 g/mol. The van der Waals surface area contributed by atoms with Crippen molar-refractivity contribution in [3.05, 3.63) is 0 Å². The number of carbonyl (C=O) groups excluding carboxylic acids is 1. The van der Waals surface area contributed by atoms with Gasteiger partial charge >= 0.3 is 5.97 Å². The lowest BCUT2D eigenvalue weighted by molar-refractivity contribution is -0.150. The number of hydrogen-bond acceptors (Lipinski definition) is 5. The Morgan fingerprint density at radius 3 is 2.36 bits per heavy atom. The number of rotatable bonds is 6. The van der Waals surface area contributed by atoms with Gasteiger partial charge in [0.15, 0.2) is 0 Å². The van der Waals surface area contributed by atoms with Gasteiger partial charge in [-0.2, -0.15) is 0 Å². The van der Waals surface area contributed by atoms with E-state index in [1.54, 1.807) is 0 Å². The van der Waals surface area contributed by atoms with Crippen LogP contribution in [0.15, 0.2) is 0 Å². The molecule has 0 aliphatic carbocycles. The van der Waals surface area contributed by atoms with Gasteiger partial charge in [0.05, 0.1) is 19.8 Å². The summed E-state index contributed by atoms with van der Waals surface area (Å²) in [7, 11) is 0. The van der Waals surface area contributed by atoms with Crippen LogP contribution in [0.25, 0.3) is 0 Å². The van der Waals surface area contributed by atoms with Crippen molar-refractivity contribution in [2.75, 3.05) is 33.0 Å². The van der Waals surface area contributed by atoms with Gasteiger partial charge in [0, 0.05) is 0 Å². The predicted molar refractivity (Wildman–Crippen MR) is 35.9 cm³/mol. The first-order chi connectivity index (χ1) is 5.31. The highest BCUT2D eigenvalue weighted by atomic mass is 16.6. The second-order valence-electron chi connectivity index (χ2n) is 1.72. The lowest BCUT2D eigenvalue weighted by Crippen LogP contribution is -2.16. The molecule has 2 N–H and O–H groups in total. The van der Waals surface area contributed by atoms with E-state index in [-0.39, 0.29) is 33.0 Å². The molecule has 11 heavy (non-hydrogen) atoms. The van der Waals surface area contributed by atoms with Crippen LogP contribution in [0.4, 0.5) is 0 Å². The first-order valence-electron chi connectivity index (χ1n) is 3.26. The van der Waals surface area contributed by atoms with Crippen LogP contribution < -0.4 is 0 Å². The summed E-state index contributed by atoms with van der Waals surface area (Å²) in [6, 6.07) is 0. The van der Waals surface area contributed by atoms with Gasteiger partial charge in [0.25, 0.3) is 0 Å². The molecule has 0 aliphatic heterocycles. The van der Waals surface area contributed by atoms with Gasteiger partial charge in [0.1, 0.15) is 13.2 Å². The maximum atomic E-state index is 10.5. The summed E-state index contributed by atoms with van der Waals surface area (Å²) >= 11 is 0. The van der Waals surface area contributed by atoms with Gasteiger partial charge in [-0.25, -0.2) is 4.79 Å². The van der Waals surface area contributed by atoms with Crippen LogP contribution in [0.1, 0.15) is 0 Å². The lowest BCUT2D eigenvalue weighted by atomic mass is 10.7. The van der Waals surface area contributed by atoms with Crippen LogP contribution in [-0.4, -0.2) is 49.2 Å². The molecule has 0 aromatic carbocycles. The first-order valence-corrected chi connectivity index (χ1v) is 3.26. The zero-order valence-electron chi connectivity index (χ0n) is 6.15. The molecule has 0 aromatic heterocycles. The third-order valence-corrected chi connectivity index (χ3v) is 0.810. The van der Waals surface area contributed by atoms with Crippen LogP contribution in [-0.2, 0) is 14.3 Å². The molecule has 0 fully saturated rings. The molecular formula is C6H12O5. The molecule has 0 spiro atoms. The van der Waals surface area contributed by atoms with E-state index in [0.29, 0.717) is 0 Å². The predicted octanol–water partition coefficient (Wildman–Crippen LogP) is -1.47. The third-order valence-electron chi connectivity index (χ3n) is 0.810. The number of aliphatic hydroxyl groups is 2. The van der Waals surface area contributed by atoms with E-state index in [2.05, 4.69) is 9.47 Å². The average Bonchev–Trinajstić information content (AvgIpc) is 2.01. The monoisotopic (exact) mass is 164 g/mol. The van der Waals surface area contributed by atoms with E-state index < -0.39 is 5.97 Å². The van der Waals surface area contributed by atoms with Gasteiger partial charge in [0.2, 0.25) is 0 Å². The molecule has 0 radical (unpaired) electrons. The molecule has 0 rings (SSSR count).